The van der Waals surface area contributed by atoms with Crippen molar-refractivity contribution in [2.45, 2.75) is 44.9 Å². The molecule has 2 unspecified atom stereocenters. The molecule has 0 aliphatic carbocycles. The van der Waals surface area contributed by atoms with Crippen LogP contribution in [0.2, 0.25) is 0 Å². The number of carbonyl (C=O) groups excluding carboxylic acids is 1. The third-order valence-electron chi connectivity index (χ3n) is 4.51. The molecule has 1 saturated heterocycles. The molecule has 0 spiro atoms. The predicted octanol–water partition coefficient (Wildman–Crippen LogP) is 4.60. The lowest BCUT2D eigenvalue weighted by atomic mass is 10.1. The summed E-state index contributed by atoms with van der Waals surface area (Å²) in [6, 6.07) is 17.7. The normalized spacial score (nSPS) is 19.5. The van der Waals surface area contributed by atoms with Crippen molar-refractivity contribution in [2.75, 3.05) is 13.2 Å². The topological polar surface area (TPSA) is 68.2 Å². The molecule has 2 aromatic carbocycles. The van der Waals surface area contributed by atoms with E-state index in [-0.39, 0.29) is 18.8 Å². The zero-order valence-electron chi connectivity index (χ0n) is 16.5. The van der Waals surface area contributed by atoms with E-state index in [1.807, 2.05) is 75.4 Å². The van der Waals surface area contributed by atoms with Crippen LogP contribution in [0.3, 0.4) is 0 Å². The first kappa shape index (κ1) is 20.2. The molecule has 6 nitrogen and oxygen atoms in total. The molecule has 28 heavy (non-hydrogen) atoms. The Kier molecular flexibility index (Phi) is 6.21. The van der Waals surface area contributed by atoms with Gasteiger partial charge in [-0.05, 0) is 44.0 Å². The first-order valence-corrected chi connectivity index (χ1v) is 9.44. The summed E-state index contributed by atoms with van der Waals surface area (Å²) in [6.45, 7) is 5.85. The smallest absolute Gasteiger partial charge is 0.410 e. The van der Waals surface area contributed by atoms with Crippen LogP contribution in [0.4, 0.5) is 4.79 Å². The second-order valence-corrected chi connectivity index (χ2v) is 7.95. The third kappa shape index (κ3) is 5.24. The fourth-order valence-corrected chi connectivity index (χ4v) is 3.32. The summed E-state index contributed by atoms with van der Waals surface area (Å²) in [4.78, 5) is 18.4. The van der Waals surface area contributed by atoms with E-state index in [0.717, 1.165) is 16.9 Å². The van der Waals surface area contributed by atoms with Crippen molar-refractivity contribution >= 4 is 6.09 Å². The van der Waals surface area contributed by atoms with E-state index in [0.29, 0.717) is 13.0 Å². The molecule has 1 heterocycles. The zero-order valence-corrected chi connectivity index (χ0v) is 16.5. The number of benzene rings is 2. The lowest BCUT2D eigenvalue weighted by Crippen LogP contribution is -2.42. The molecule has 6 heteroatoms. The molecule has 1 aliphatic rings. The van der Waals surface area contributed by atoms with E-state index >= 15 is 0 Å². The molecule has 1 amide bonds. The Morgan fingerprint density at radius 1 is 1.11 bits per heavy atom. The largest absolute Gasteiger partial charge is 0.488 e. The summed E-state index contributed by atoms with van der Waals surface area (Å²) in [5.74, 6) is 0.737. The first-order chi connectivity index (χ1) is 13.4. The van der Waals surface area contributed by atoms with E-state index in [1.54, 1.807) is 4.90 Å². The summed E-state index contributed by atoms with van der Waals surface area (Å²) in [5.41, 5.74) is 1.58. The molecule has 0 bridgehead atoms. The van der Waals surface area contributed by atoms with Gasteiger partial charge in [-0.15, -0.1) is 0 Å². The maximum absolute atomic E-state index is 12.5. The zero-order chi connectivity index (χ0) is 20.1. The number of carbonyl (C=O) groups is 1. The number of hydrogen-bond acceptors (Lipinski definition) is 5. The predicted molar refractivity (Wildman–Crippen MR) is 106 cm³/mol. The molecular weight excluding hydrogens is 358 g/mol. The fourth-order valence-electron chi connectivity index (χ4n) is 3.32. The Morgan fingerprint density at radius 2 is 1.82 bits per heavy atom. The first-order valence-electron chi connectivity index (χ1n) is 9.44. The van der Waals surface area contributed by atoms with Gasteiger partial charge in [-0.2, -0.15) is 0 Å². The van der Waals surface area contributed by atoms with Crippen molar-refractivity contribution in [3.8, 4) is 16.9 Å². The van der Waals surface area contributed by atoms with Gasteiger partial charge in [0, 0.05) is 6.42 Å². The van der Waals surface area contributed by atoms with Crippen LogP contribution in [0.15, 0.2) is 54.6 Å². The summed E-state index contributed by atoms with van der Waals surface area (Å²) in [7, 11) is 0. The molecule has 0 aromatic heterocycles. The van der Waals surface area contributed by atoms with Crippen molar-refractivity contribution < 1.29 is 24.4 Å². The molecule has 2 aromatic rings. The van der Waals surface area contributed by atoms with E-state index in [2.05, 4.69) is 4.89 Å². The minimum atomic E-state index is -0.593. The van der Waals surface area contributed by atoms with Crippen molar-refractivity contribution in [3.05, 3.63) is 54.6 Å². The van der Waals surface area contributed by atoms with Crippen molar-refractivity contribution in [3.63, 3.8) is 0 Å². The van der Waals surface area contributed by atoms with Gasteiger partial charge in [0.05, 0.1) is 12.6 Å². The van der Waals surface area contributed by atoms with Gasteiger partial charge in [0.25, 0.3) is 0 Å². The second kappa shape index (κ2) is 8.63. The van der Waals surface area contributed by atoms with Crippen LogP contribution in [0.1, 0.15) is 27.2 Å². The Bertz CT molecular complexity index is 787. The molecule has 1 aliphatic heterocycles. The van der Waals surface area contributed by atoms with Gasteiger partial charge in [0.15, 0.2) is 0 Å². The average molecular weight is 385 g/mol. The Balaban J connectivity index is 1.70. The average Bonchev–Trinajstić information content (AvgIpc) is 3.04. The molecule has 0 radical (unpaired) electrons. The van der Waals surface area contributed by atoms with Gasteiger partial charge in [-0.3, -0.25) is 10.2 Å². The number of hydrogen-bond donors (Lipinski definition) is 1. The quantitative estimate of drug-likeness (QED) is 0.602. The molecule has 3 rings (SSSR count). The highest BCUT2D eigenvalue weighted by molar-refractivity contribution is 5.69. The van der Waals surface area contributed by atoms with Crippen molar-refractivity contribution in [1.29, 1.82) is 0 Å². The van der Waals surface area contributed by atoms with Crippen molar-refractivity contribution in [1.82, 2.24) is 4.90 Å². The number of ether oxygens (including phenoxy) is 2. The summed E-state index contributed by atoms with van der Waals surface area (Å²) >= 11 is 0. The SMILES string of the molecule is CC(C)(C)OC(=O)N1CC(Oc2cccc(-c3ccccc3)c2)CC1COO. The Hall–Kier alpha value is -2.57. The summed E-state index contributed by atoms with van der Waals surface area (Å²) in [5, 5.41) is 8.88. The highest BCUT2D eigenvalue weighted by Crippen LogP contribution is 2.28. The highest BCUT2D eigenvalue weighted by atomic mass is 17.1. The van der Waals surface area contributed by atoms with Crippen LogP contribution in [-0.4, -0.2) is 47.1 Å². The number of rotatable bonds is 5. The Labute approximate surface area is 165 Å². The van der Waals surface area contributed by atoms with Gasteiger partial charge < -0.3 is 9.47 Å². The van der Waals surface area contributed by atoms with Gasteiger partial charge in [0.2, 0.25) is 0 Å². The third-order valence-corrected chi connectivity index (χ3v) is 4.51. The lowest BCUT2D eigenvalue weighted by molar-refractivity contribution is -0.249. The molecule has 1 N–H and O–H groups in total. The number of nitrogens with zero attached hydrogens (tertiary/aromatic N) is 1. The molecule has 2 atom stereocenters. The van der Waals surface area contributed by atoms with Crippen LogP contribution >= 0.6 is 0 Å². The monoisotopic (exact) mass is 385 g/mol. The van der Waals surface area contributed by atoms with Crippen LogP contribution in [0.25, 0.3) is 11.1 Å². The van der Waals surface area contributed by atoms with E-state index < -0.39 is 11.7 Å². The molecule has 0 saturated carbocycles. The van der Waals surface area contributed by atoms with Crippen LogP contribution in [0, 0.1) is 0 Å². The van der Waals surface area contributed by atoms with E-state index in [9.17, 15) is 4.79 Å². The maximum atomic E-state index is 12.5. The minimum Gasteiger partial charge on any atom is -0.488 e. The molecule has 150 valence electrons. The number of amides is 1. The Morgan fingerprint density at radius 3 is 2.50 bits per heavy atom. The summed E-state index contributed by atoms with van der Waals surface area (Å²) < 4.78 is 11.6. The van der Waals surface area contributed by atoms with E-state index in [4.69, 9.17) is 14.7 Å². The number of likely N-dealkylation sites (tertiary alicyclic amines) is 1. The van der Waals surface area contributed by atoms with Gasteiger partial charge in [0.1, 0.15) is 24.1 Å². The highest BCUT2D eigenvalue weighted by Gasteiger charge is 2.39. The molecular formula is C22H27NO5. The van der Waals surface area contributed by atoms with Gasteiger partial charge in [-0.25, -0.2) is 9.68 Å². The van der Waals surface area contributed by atoms with Gasteiger partial charge in [-0.1, -0.05) is 42.5 Å². The van der Waals surface area contributed by atoms with Crippen molar-refractivity contribution in [2.24, 2.45) is 0 Å². The van der Waals surface area contributed by atoms with Crippen LogP contribution < -0.4 is 4.74 Å². The molecule has 1 fully saturated rings. The minimum absolute atomic E-state index is 0.0170. The lowest BCUT2D eigenvalue weighted by Gasteiger charge is -2.27. The van der Waals surface area contributed by atoms with Gasteiger partial charge >= 0.3 is 6.09 Å². The maximum Gasteiger partial charge on any atom is 0.410 e. The second-order valence-electron chi connectivity index (χ2n) is 7.95. The summed E-state index contributed by atoms with van der Waals surface area (Å²) in [6.07, 6.45) is -0.0904. The van der Waals surface area contributed by atoms with Crippen LogP contribution in [0.5, 0.6) is 5.75 Å². The standard InChI is InChI=1S/C22H27NO5/c1-22(2,3)28-21(24)23-14-20(13-18(23)15-26-25)27-19-11-7-10-17(12-19)16-8-5-4-6-9-16/h4-12,18,20,25H,13-15H2,1-3H3. The van der Waals surface area contributed by atoms with Crippen LogP contribution in [-0.2, 0) is 9.62 Å². The fraction of sp³-hybridized carbons (Fsp3) is 0.409. The van der Waals surface area contributed by atoms with E-state index in [1.165, 1.54) is 0 Å².